The molecule has 0 aromatic heterocycles. The molecule has 0 atom stereocenters. The summed E-state index contributed by atoms with van der Waals surface area (Å²) in [7, 11) is 1.54. The van der Waals surface area contributed by atoms with Crippen LogP contribution >= 0.6 is 0 Å². The van der Waals surface area contributed by atoms with E-state index in [-0.39, 0.29) is 17.4 Å². The van der Waals surface area contributed by atoms with Crippen LogP contribution in [0.1, 0.15) is 5.56 Å². The highest BCUT2D eigenvalue weighted by atomic mass is 16.3. The third kappa shape index (κ3) is 2.74. The van der Waals surface area contributed by atoms with Crippen molar-refractivity contribution in [3.63, 3.8) is 0 Å². The summed E-state index contributed by atoms with van der Waals surface area (Å²) in [6.07, 6.45) is 3.15. The molecule has 96 valence electrons. The molecule has 0 spiro atoms. The molecule has 6 heteroatoms. The highest BCUT2D eigenvalue weighted by molar-refractivity contribution is 6.38. The quantitative estimate of drug-likeness (QED) is 0.440. The second-order valence-corrected chi connectivity index (χ2v) is 3.82. The normalized spacial score (nSPS) is 17.3. The first-order chi connectivity index (χ1) is 9.11. The average Bonchev–Trinajstić information content (AvgIpc) is 2.67. The second kappa shape index (κ2) is 5.26. The van der Waals surface area contributed by atoms with E-state index in [1.54, 1.807) is 25.3 Å². The lowest BCUT2D eigenvalue weighted by molar-refractivity contribution is -0.268. The van der Waals surface area contributed by atoms with Crippen molar-refractivity contribution in [2.24, 2.45) is 9.98 Å². The van der Waals surface area contributed by atoms with Crippen LogP contribution in [0.5, 0.6) is 5.75 Å². The molecule has 1 heterocycles. The standard InChI is InChI=1S/C13H11N3O3/c1-16-12(7-14-8-17)15-11(13(16)19)6-9-2-4-10(18)5-3-9/h2-8,18H,1H3/p-1/b11-6+,14-7?. The van der Waals surface area contributed by atoms with Crippen molar-refractivity contribution in [3.8, 4) is 5.75 Å². The molecule has 1 aliphatic heterocycles. The molecule has 0 unspecified atom stereocenters. The molecule has 0 saturated heterocycles. The van der Waals surface area contributed by atoms with Crippen LogP contribution in [0.25, 0.3) is 6.08 Å². The van der Waals surface area contributed by atoms with Gasteiger partial charge in [0, 0.05) is 7.05 Å². The Balaban J connectivity index is 2.31. The largest absolute Gasteiger partial charge is 0.872 e. The van der Waals surface area contributed by atoms with E-state index in [4.69, 9.17) is 0 Å². The number of carbonyl (C=O) groups excluding carboxylic acids is 2. The minimum atomic E-state index is -0.293. The number of rotatable bonds is 3. The summed E-state index contributed by atoms with van der Waals surface area (Å²) in [5.41, 5.74) is 0.933. The van der Waals surface area contributed by atoms with Gasteiger partial charge in [0.25, 0.3) is 5.91 Å². The van der Waals surface area contributed by atoms with Crippen molar-refractivity contribution in [1.29, 1.82) is 0 Å². The maximum atomic E-state index is 11.9. The topological polar surface area (TPSA) is 85.2 Å². The van der Waals surface area contributed by atoms with Gasteiger partial charge in [-0.15, -0.1) is 5.75 Å². The van der Waals surface area contributed by atoms with Gasteiger partial charge in [-0.3, -0.25) is 14.5 Å². The average molecular weight is 256 g/mol. The Bertz CT molecular complexity index is 600. The zero-order valence-electron chi connectivity index (χ0n) is 10.1. The predicted octanol–water partition coefficient (Wildman–Crippen LogP) is 0.199. The fourth-order valence-electron chi connectivity index (χ4n) is 1.55. The Morgan fingerprint density at radius 2 is 2.00 bits per heavy atom. The molecule has 6 nitrogen and oxygen atoms in total. The second-order valence-electron chi connectivity index (χ2n) is 3.82. The van der Waals surface area contributed by atoms with E-state index in [0.717, 1.165) is 0 Å². The molecule has 19 heavy (non-hydrogen) atoms. The van der Waals surface area contributed by atoms with Crippen molar-refractivity contribution in [2.75, 3.05) is 7.05 Å². The molecule has 0 saturated carbocycles. The molecule has 0 aliphatic carbocycles. The third-order valence-corrected chi connectivity index (χ3v) is 2.54. The minimum absolute atomic E-state index is 0.0978. The van der Waals surface area contributed by atoms with Crippen molar-refractivity contribution in [1.82, 2.24) is 4.90 Å². The van der Waals surface area contributed by atoms with Gasteiger partial charge < -0.3 is 5.11 Å². The Kier molecular flexibility index (Phi) is 3.51. The van der Waals surface area contributed by atoms with Crippen LogP contribution < -0.4 is 5.11 Å². The highest BCUT2D eigenvalue weighted by Crippen LogP contribution is 2.17. The number of aliphatic imine (C=N–C) groups is 2. The van der Waals surface area contributed by atoms with Crippen molar-refractivity contribution < 1.29 is 14.7 Å². The van der Waals surface area contributed by atoms with E-state index >= 15 is 0 Å². The molecule has 2 amide bonds. The SMILES string of the molecule is CN1C(=O)/C(=C\c2ccc([O-])cc2)N=C1C=NC=O. The number of carbonyl (C=O) groups is 2. The monoisotopic (exact) mass is 256 g/mol. The highest BCUT2D eigenvalue weighted by Gasteiger charge is 2.25. The van der Waals surface area contributed by atoms with Crippen LogP contribution in [0.4, 0.5) is 0 Å². The summed E-state index contributed by atoms with van der Waals surface area (Å²) in [5.74, 6) is -0.0957. The van der Waals surface area contributed by atoms with Gasteiger partial charge in [-0.05, 0) is 11.6 Å². The van der Waals surface area contributed by atoms with Crippen LogP contribution in [-0.2, 0) is 9.59 Å². The number of amidine groups is 1. The van der Waals surface area contributed by atoms with Gasteiger partial charge in [-0.1, -0.05) is 24.3 Å². The maximum absolute atomic E-state index is 11.9. The Morgan fingerprint density at radius 3 is 2.63 bits per heavy atom. The third-order valence-electron chi connectivity index (χ3n) is 2.54. The van der Waals surface area contributed by atoms with Gasteiger partial charge in [0.1, 0.15) is 5.70 Å². The van der Waals surface area contributed by atoms with Crippen LogP contribution in [0.15, 0.2) is 39.9 Å². The smallest absolute Gasteiger partial charge is 0.277 e. The maximum Gasteiger partial charge on any atom is 0.277 e. The van der Waals surface area contributed by atoms with Crippen LogP contribution in [-0.4, -0.2) is 36.3 Å². The lowest BCUT2D eigenvalue weighted by Gasteiger charge is -2.06. The lowest BCUT2D eigenvalue weighted by Crippen LogP contribution is -2.28. The van der Waals surface area contributed by atoms with E-state index < -0.39 is 0 Å². The van der Waals surface area contributed by atoms with Crippen molar-refractivity contribution in [2.45, 2.75) is 0 Å². The Hall–Kier alpha value is -2.76. The van der Waals surface area contributed by atoms with Gasteiger partial charge in [0.2, 0.25) is 6.41 Å². The molecule has 0 radical (unpaired) electrons. The summed E-state index contributed by atoms with van der Waals surface area (Å²) < 4.78 is 0. The first-order valence-electron chi connectivity index (χ1n) is 5.44. The Labute approximate surface area is 109 Å². The number of hydrogen-bond donors (Lipinski definition) is 0. The summed E-state index contributed by atoms with van der Waals surface area (Å²) in [5, 5.41) is 11.0. The molecule has 0 bridgehead atoms. The number of likely N-dealkylation sites (N-methyl/N-ethyl adjacent to an activating group) is 1. The molecular weight excluding hydrogens is 246 g/mol. The lowest BCUT2D eigenvalue weighted by atomic mass is 10.2. The van der Waals surface area contributed by atoms with Crippen LogP contribution in [0.3, 0.4) is 0 Å². The van der Waals surface area contributed by atoms with Crippen molar-refractivity contribution >= 4 is 30.4 Å². The Morgan fingerprint density at radius 1 is 1.32 bits per heavy atom. The molecule has 0 fully saturated rings. The van der Waals surface area contributed by atoms with E-state index in [9.17, 15) is 14.7 Å². The zero-order valence-corrected chi connectivity index (χ0v) is 10.1. The van der Waals surface area contributed by atoms with Gasteiger partial charge >= 0.3 is 0 Å². The van der Waals surface area contributed by atoms with Gasteiger partial charge in [-0.25, -0.2) is 9.98 Å². The fraction of sp³-hybridized carbons (Fsp3) is 0.0769. The molecular formula is C13H10N3O3-. The van der Waals surface area contributed by atoms with E-state index in [0.29, 0.717) is 17.8 Å². The molecule has 2 rings (SSSR count). The molecule has 0 N–H and O–H groups in total. The first-order valence-corrected chi connectivity index (χ1v) is 5.44. The molecule has 1 aliphatic rings. The predicted molar refractivity (Wildman–Crippen MR) is 68.6 cm³/mol. The fourth-order valence-corrected chi connectivity index (χ4v) is 1.55. The minimum Gasteiger partial charge on any atom is -0.872 e. The molecule has 1 aromatic carbocycles. The van der Waals surface area contributed by atoms with Gasteiger partial charge in [-0.2, -0.15) is 0 Å². The molecule has 1 aromatic rings. The van der Waals surface area contributed by atoms with Gasteiger partial charge in [0.15, 0.2) is 5.84 Å². The van der Waals surface area contributed by atoms with E-state index in [1.807, 2.05) is 0 Å². The first kappa shape index (κ1) is 12.7. The zero-order chi connectivity index (χ0) is 13.8. The number of nitrogens with zero attached hydrogens (tertiary/aromatic N) is 3. The number of hydrogen-bond acceptors (Lipinski definition) is 4. The summed E-state index contributed by atoms with van der Waals surface area (Å²) in [4.78, 5) is 30.8. The summed E-state index contributed by atoms with van der Waals surface area (Å²) in [6, 6.07) is 6.04. The van der Waals surface area contributed by atoms with Gasteiger partial charge in [0.05, 0.1) is 6.21 Å². The summed E-state index contributed by atoms with van der Waals surface area (Å²) in [6.45, 7) is 0. The number of benzene rings is 1. The van der Waals surface area contributed by atoms with E-state index in [1.165, 1.54) is 23.2 Å². The van der Waals surface area contributed by atoms with Crippen LogP contribution in [0.2, 0.25) is 0 Å². The van der Waals surface area contributed by atoms with Crippen LogP contribution in [0, 0.1) is 0 Å². The summed E-state index contributed by atoms with van der Waals surface area (Å²) >= 11 is 0. The van der Waals surface area contributed by atoms with Crippen molar-refractivity contribution in [3.05, 3.63) is 35.5 Å². The van der Waals surface area contributed by atoms with E-state index in [2.05, 4.69) is 9.98 Å². The number of amides is 2.